The van der Waals surface area contributed by atoms with E-state index in [9.17, 15) is 14.7 Å². The molecule has 0 saturated carbocycles. The van der Waals surface area contributed by atoms with Gasteiger partial charge in [0.25, 0.3) is 0 Å². The molecule has 0 aliphatic carbocycles. The van der Waals surface area contributed by atoms with Crippen LogP contribution in [0.25, 0.3) is 0 Å². The highest BCUT2D eigenvalue weighted by atomic mass is 16.7. The standard InChI is InChI=1S/C14H24O9/c1-7(15)21-11-10(9(19-4)6-18-3)23-14(17)13(20-5)12(11)22-8(2)16/h9-14,17H,6H2,1-5H3/t9-,10-,11-,12+,13-,14?/m1/s1. The molecular formula is C14H24O9. The van der Waals surface area contributed by atoms with E-state index in [2.05, 4.69) is 0 Å². The Morgan fingerprint density at radius 1 is 1.04 bits per heavy atom. The second-order valence-corrected chi connectivity index (χ2v) is 5.07. The highest BCUT2D eigenvalue weighted by Gasteiger charge is 2.52. The van der Waals surface area contributed by atoms with Crippen molar-refractivity contribution in [2.45, 2.75) is 50.7 Å². The van der Waals surface area contributed by atoms with E-state index in [1.54, 1.807) is 0 Å². The lowest BCUT2D eigenvalue weighted by Crippen LogP contribution is -2.64. The maximum atomic E-state index is 11.4. The summed E-state index contributed by atoms with van der Waals surface area (Å²) in [5.74, 6) is -1.21. The minimum Gasteiger partial charge on any atom is -0.456 e. The van der Waals surface area contributed by atoms with Gasteiger partial charge in [-0.15, -0.1) is 0 Å². The molecule has 0 radical (unpaired) electrons. The normalized spacial score (nSPS) is 32.2. The first-order valence-electron chi connectivity index (χ1n) is 7.08. The average molecular weight is 336 g/mol. The van der Waals surface area contributed by atoms with Crippen LogP contribution < -0.4 is 0 Å². The average Bonchev–Trinajstić information content (AvgIpc) is 2.46. The van der Waals surface area contributed by atoms with Gasteiger partial charge in [0.15, 0.2) is 18.5 Å². The Morgan fingerprint density at radius 3 is 2.04 bits per heavy atom. The molecule has 0 amide bonds. The lowest BCUT2D eigenvalue weighted by atomic mass is 9.94. The summed E-state index contributed by atoms with van der Waals surface area (Å²) >= 11 is 0. The smallest absolute Gasteiger partial charge is 0.303 e. The molecule has 0 aromatic carbocycles. The summed E-state index contributed by atoms with van der Waals surface area (Å²) in [4.78, 5) is 22.8. The largest absolute Gasteiger partial charge is 0.456 e. The third-order valence-electron chi connectivity index (χ3n) is 3.43. The first-order chi connectivity index (χ1) is 10.8. The van der Waals surface area contributed by atoms with Crippen molar-refractivity contribution >= 4 is 11.9 Å². The van der Waals surface area contributed by atoms with Crippen molar-refractivity contribution in [1.82, 2.24) is 0 Å². The first-order valence-corrected chi connectivity index (χ1v) is 7.08. The van der Waals surface area contributed by atoms with Crippen LogP contribution in [0.15, 0.2) is 0 Å². The maximum absolute atomic E-state index is 11.4. The molecule has 1 saturated heterocycles. The van der Waals surface area contributed by atoms with Crippen LogP contribution in [0.3, 0.4) is 0 Å². The second-order valence-electron chi connectivity index (χ2n) is 5.07. The molecular weight excluding hydrogens is 312 g/mol. The van der Waals surface area contributed by atoms with Gasteiger partial charge < -0.3 is 33.5 Å². The Labute approximate surface area is 134 Å². The molecule has 0 aromatic heterocycles. The predicted molar refractivity (Wildman–Crippen MR) is 75.5 cm³/mol. The Morgan fingerprint density at radius 2 is 1.61 bits per heavy atom. The fraction of sp³-hybridized carbons (Fsp3) is 0.857. The van der Waals surface area contributed by atoms with Gasteiger partial charge in [0.1, 0.15) is 18.3 Å². The zero-order chi connectivity index (χ0) is 17.6. The third-order valence-corrected chi connectivity index (χ3v) is 3.43. The topological polar surface area (TPSA) is 110 Å². The number of aliphatic hydroxyl groups excluding tert-OH is 1. The van der Waals surface area contributed by atoms with Gasteiger partial charge >= 0.3 is 11.9 Å². The van der Waals surface area contributed by atoms with Crippen LogP contribution >= 0.6 is 0 Å². The van der Waals surface area contributed by atoms with Gasteiger partial charge in [-0.2, -0.15) is 0 Å². The quantitative estimate of drug-likeness (QED) is 0.600. The number of aliphatic hydroxyl groups is 1. The number of carbonyl (C=O) groups excluding carboxylic acids is 2. The fourth-order valence-corrected chi connectivity index (χ4v) is 2.51. The van der Waals surface area contributed by atoms with E-state index < -0.39 is 48.7 Å². The highest BCUT2D eigenvalue weighted by molar-refractivity contribution is 5.67. The van der Waals surface area contributed by atoms with Crippen LogP contribution in [0.4, 0.5) is 0 Å². The van der Waals surface area contributed by atoms with E-state index >= 15 is 0 Å². The van der Waals surface area contributed by atoms with Crippen LogP contribution in [0.1, 0.15) is 13.8 Å². The molecule has 1 N–H and O–H groups in total. The molecule has 6 atom stereocenters. The van der Waals surface area contributed by atoms with Gasteiger partial charge in [-0.05, 0) is 0 Å². The molecule has 0 spiro atoms. The Bertz CT molecular complexity index is 400. The Kier molecular flexibility index (Phi) is 7.86. The lowest BCUT2D eigenvalue weighted by Gasteiger charge is -2.44. The number of ether oxygens (including phenoxy) is 6. The fourth-order valence-electron chi connectivity index (χ4n) is 2.51. The molecule has 0 aromatic rings. The number of hydrogen-bond donors (Lipinski definition) is 1. The number of esters is 2. The number of carbonyl (C=O) groups is 2. The van der Waals surface area contributed by atoms with Gasteiger partial charge in [0.2, 0.25) is 0 Å². The van der Waals surface area contributed by atoms with Crippen molar-refractivity contribution in [3.63, 3.8) is 0 Å². The zero-order valence-corrected chi connectivity index (χ0v) is 13.9. The second kappa shape index (κ2) is 9.14. The van der Waals surface area contributed by atoms with Crippen LogP contribution in [0, 0.1) is 0 Å². The molecule has 1 aliphatic heterocycles. The molecule has 1 rings (SSSR count). The summed E-state index contributed by atoms with van der Waals surface area (Å²) in [6.07, 6.45) is -6.05. The molecule has 1 fully saturated rings. The summed E-state index contributed by atoms with van der Waals surface area (Å²) in [5, 5.41) is 10.1. The number of hydrogen-bond acceptors (Lipinski definition) is 9. The zero-order valence-electron chi connectivity index (χ0n) is 13.9. The van der Waals surface area contributed by atoms with Crippen molar-refractivity contribution < 1.29 is 43.1 Å². The highest BCUT2D eigenvalue weighted by Crippen LogP contribution is 2.29. The minimum atomic E-state index is -1.39. The molecule has 1 unspecified atom stereocenters. The van der Waals surface area contributed by atoms with Gasteiger partial charge in [-0.25, -0.2) is 0 Å². The summed E-state index contributed by atoms with van der Waals surface area (Å²) in [6.45, 7) is 2.54. The van der Waals surface area contributed by atoms with E-state index in [1.807, 2.05) is 0 Å². The summed E-state index contributed by atoms with van der Waals surface area (Å²) in [6, 6.07) is 0. The monoisotopic (exact) mass is 336 g/mol. The molecule has 23 heavy (non-hydrogen) atoms. The van der Waals surface area contributed by atoms with Crippen molar-refractivity contribution in [3.05, 3.63) is 0 Å². The summed E-state index contributed by atoms with van der Waals surface area (Å²) < 4.78 is 31.4. The van der Waals surface area contributed by atoms with E-state index in [1.165, 1.54) is 35.2 Å². The van der Waals surface area contributed by atoms with E-state index in [4.69, 9.17) is 28.4 Å². The van der Waals surface area contributed by atoms with Gasteiger partial charge in [0, 0.05) is 35.2 Å². The molecule has 0 bridgehead atoms. The molecule has 9 nitrogen and oxygen atoms in total. The minimum absolute atomic E-state index is 0.121. The molecule has 134 valence electrons. The Hall–Kier alpha value is -1.26. The predicted octanol–water partition coefficient (Wildman–Crippen LogP) is -0.757. The van der Waals surface area contributed by atoms with E-state index in [0.717, 1.165) is 0 Å². The van der Waals surface area contributed by atoms with Crippen LogP contribution in [0.5, 0.6) is 0 Å². The first kappa shape index (κ1) is 19.8. The van der Waals surface area contributed by atoms with Crippen LogP contribution in [-0.4, -0.2) is 81.8 Å². The van der Waals surface area contributed by atoms with Gasteiger partial charge in [0.05, 0.1) is 6.61 Å². The SMILES string of the molecule is COC[C@@H](OC)[C@H]1OC(O)[C@H](OC)[C@@H](OC(C)=O)[C@@H]1OC(C)=O. The molecule has 9 heteroatoms. The van der Waals surface area contributed by atoms with Gasteiger partial charge in [-0.1, -0.05) is 0 Å². The van der Waals surface area contributed by atoms with E-state index in [-0.39, 0.29) is 6.61 Å². The summed E-state index contributed by atoms with van der Waals surface area (Å²) in [5.41, 5.74) is 0. The number of methoxy groups -OCH3 is 3. The maximum Gasteiger partial charge on any atom is 0.303 e. The van der Waals surface area contributed by atoms with E-state index in [0.29, 0.717) is 0 Å². The van der Waals surface area contributed by atoms with Crippen molar-refractivity contribution in [3.8, 4) is 0 Å². The van der Waals surface area contributed by atoms with Crippen molar-refractivity contribution in [2.75, 3.05) is 27.9 Å². The lowest BCUT2D eigenvalue weighted by molar-refractivity contribution is -0.309. The Balaban J connectivity index is 3.15. The van der Waals surface area contributed by atoms with Crippen LogP contribution in [0.2, 0.25) is 0 Å². The molecule has 1 aliphatic rings. The number of rotatable bonds is 7. The molecule has 1 heterocycles. The summed E-state index contributed by atoms with van der Waals surface area (Å²) in [7, 11) is 4.21. The van der Waals surface area contributed by atoms with Crippen molar-refractivity contribution in [2.24, 2.45) is 0 Å². The van der Waals surface area contributed by atoms with Crippen molar-refractivity contribution in [1.29, 1.82) is 0 Å². The van der Waals surface area contributed by atoms with Gasteiger partial charge in [-0.3, -0.25) is 9.59 Å². The van der Waals surface area contributed by atoms with Crippen LogP contribution in [-0.2, 0) is 38.0 Å². The third kappa shape index (κ3) is 5.11.